The molecule has 0 radical (unpaired) electrons. The highest BCUT2D eigenvalue weighted by Crippen LogP contribution is 2.25. The van der Waals surface area contributed by atoms with E-state index in [1.54, 1.807) is 6.07 Å². The van der Waals surface area contributed by atoms with E-state index in [-0.39, 0.29) is 18.2 Å². The number of phenolic OH excluding ortho intramolecular Hbond substituents is 1. The number of carbonyl (C=O) groups excluding carboxylic acids is 1. The number of para-hydroxylation sites is 1. The van der Waals surface area contributed by atoms with Crippen LogP contribution >= 0.6 is 0 Å². The highest BCUT2D eigenvalue weighted by molar-refractivity contribution is 6.02. The quantitative estimate of drug-likeness (QED) is 0.439. The summed E-state index contributed by atoms with van der Waals surface area (Å²) < 4.78 is 1.51. The number of amides is 1. The third-order valence-corrected chi connectivity index (χ3v) is 4.04. The van der Waals surface area contributed by atoms with Crippen LogP contribution in [0.15, 0.2) is 65.8 Å². The number of aromatic hydroxyl groups is 1. The molecule has 4 aromatic rings. The molecule has 0 fully saturated rings. The highest BCUT2D eigenvalue weighted by atomic mass is 16.3. The number of carbonyl (C=O) groups is 1. The van der Waals surface area contributed by atoms with E-state index in [9.17, 15) is 9.90 Å². The topological polar surface area (TPSA) is 92.4 Å². The summed E-state index contributed by atoms with van der Waals surface area (Å²) in [7, 11) is 0. The Kier molecular flexibility index (Phi) is 4.03. The number of benzene rings is 3. The Morgan fingerprint density at radius 1 is 1.12 bits per heavy atom. The summed E-state index contributed by atoms with van der Waals surface area (Å²) in [5.74, 6) is -0.236. The van der Waals surface area contributed by atoms with Gasteiger partial charge in [0.1, 0.15) is 17.8 Å². The van der Waals surface area contributed by atoms with E-state index in [0.717, 1.165) is 21.8 Å². The van der Waals surface area contributed by atoms with Crippen LogP contribution in [-0.2, 0) is 11.3 Å². The van der Waals surface area contributed by atoms with E-state index < -0.39 is 0 Å². The molecule has 0 saturated heterocycles. The van der Waals surface area contributed by atoms with Crippen molar-refractivity contribution in [2.45, 2.75) is 6.54 Å². The number of nitrogens with zero attached hydrogens (tertiary/aromatic N) is 4. The van der Waals surface area contributed by atoms with Crippen molar-refractivity contribution in [2.24, 2.45) is 5.10 Å². The largest absolute Gasteiger partial charge is 0.507 e. The number of phenols is 1. The fourth-order valence-corrected chi connectivity index (χ4v) is 2.79. The molecule has 0 aliphatic carbocycles. The minimum atomic E-state index is -0.336. The van der Waals surface area contributed by atoms with E-state index >= 15 is 0 Å². The first-order chi connectivity index (χ1) is 12.7. The molecule has 1 aromatic heterocycles. The van der Waals surface area contributed by atoms with Crippen molar-refractivity contribution in [1.82, 2.24) is 20.4 Å². The summed E-state index contributed by atoms with van der Waals surface area (Å²) in [6.45, 7) is -0.000622. The van der Waals surface area contributed by atoms with Gasteiger partial charge < -0.3 is 5.11 Å². The molecule has 1 heterocycles. The minimum Gasteiger partial charge on any atom is -0.507 e. The predicted octanol–water partition coefficient (Wildman–Crippen LogP) is 2.44. The zero-order chi connectivity index (χ0) is 17.9. The molecular formula is C19H15N5O2. The lowest BCUT2D eigenvalue weighted by atomic mass is 10.0. The summed E-state index contributed by atoms with van der Waals surface area (Å²) in [6.07, 6.45) is 1.44. The third kappa shape index (κ3) is 2.98. The average Bonchev–Trinajstić information content (AvgIpc) is 3.06. The fourth-order valence-electron chi connectivity index (χ4n) is 2.79. The fraction of sp³-hybridized carbons (Fsp3) is 0.0526. The molecule has 26 heavy (non-hydrogen) atoms. The van der Waals surface area contributed by atoms with Crippen molar-refractivity contribution in [3.8, 4) is 5.75 Å². The van der Waals surface area contributed by atoms with Gasteiger partial charge in [-0.3, -0.25) is 4.79 Å². The molecule has 0 unspecified atom stereocenters. The van der Waals surface area contributed by atoms with Gasteiger partial charge >= 0.3 is 0 Å². The van der Waals surface area contributed by atoms with Crippen LogP contribution in [0.25, 0.3) is 21.8 Å². The van der Waals surface area contributed by atoms with Crippen molar-refractivity contribution < 1.29 is 9.90 Å². The summed E-state index contributed by atoms with van der Waals surface area (Å²) in [6, 6.07) is 18.5. The van der Waals surface area contributed by atoms with Crippen molar-refractivity contribution in [2.75, 3.05) is 0 Å². The molecule has 2 N–H and O–H groups in total. The van der Waals surface area contributed by atoms with Gasteiger partial charge in [0.05, 0.1) is 11.7 Å². The molecule has 7 nitrogen and oxygen atoms in total. The third-order valence-electron chi connectivity index (χ3n) is 4.04. The van der Waals surface area contributed by atoms with Crippen LogP contribution < -0.4 is 5.43 Å². The average molecular weight is 345 g/mol. The molecule has 0 aliphatic rings. The zero-order valence-electron chi connectivity index (χ0n) is 13.7. The van der Waals surface area contributed by atoms with Crippen molar-refractivity contribution in [1.29, 1.82) is 0 Å². The van der Waals surface area contributed by atoms with E-state index in [2.05, 4.69) is 20.8 Å². The molecule has 0 atom stereocenters. The van der Waals surface area contributed by atoms with E-state index in [4.69, 9.17) is 0 Å². The smallest absolute Gasteiger partial charge is 0.261 e. The number of fused-ring (bicyclic) bond motifs is 2. The second-order valence-corrected chi connectivity index (χ2v) is 5.75. The maximum Gasteiger partial charge on any atom is 0.261 e. The van der Waals surface area contributed by atoms with Crippen molar-refractivity contribution in [3.05, 3.63) is 66.2 Å². The van der Waals surface area contributed by atoms with Crippen LogP contribution in [0.1, 0.15) is 5.56 Å². The number of hydrogen-bond acceptors (Lipinski definition) is 5. The maximum atomic E-state index is 12.1. The van der Waals surface area contributed by atoms with Crippen LogP contribution in [0.5, 0.6) is 5.75 Å². The van der Waals surface area contributed by atoms with Gasteiger partial charge in [-0.2, -0.15) is 5.10 Å². The van der Waals surface area contributed by atoms with Crippen LogP contribution in [0.3, 0.4) is 0 Å². The van der Waals surface area contributed by atoms with E-state index in [1.807, 2.05) is 54.6 Å². The normalized spacial score (nSPS) is 11.4. The number of hydrogen-bond donors (Lipinski definition) is 2. The number of nitrogens with one attached hydrogen (secondary N) is 1. The molecule has 7 heteroatoms. The summed E-state index contributed by atoms with van der Waals surface area (Å²) in [4.78, 5) is 12.1. The van der Waals surface area contributed by atoms with Gasteiger partial charge in [-0.05, 0) is 29.0 Å². The van der Waals surface area contributed by atoms with Gasteiger partial charge in [-0.25, -0.2) is 10.1 Å². The molecule has 1 amide bonds. The Balaban J connectivity index is 1.50. The van der Waals surface area contributed by atoms with Crippen molar-refractivity contribution >= 4 is 33.9 Å². The Morgan fingerprint density at radius 3 is 2.85 bits per heavy atom. The summed E-state index contributed by atoms with van der Waals surface area (Å²) in [5, 5.41) is 23.9. The highest BCUT2D eigenvalue weighted by Gasteiger charge is 2.08. The lowest BCUT2D eigenvalue weighted by molar-refractivity contribution is -0.121. The Morgan fingerprint density at radius 2 is 1.92 bits per heavy atom. The number of hydrazone groups is 1. The van der Waals surface area contributed by atoms with Crippen LogP contribution in [0, 0.1) is 0 Å². The first-order valence-corrected chi connectivity index (χ1v) is 8.03. The van der Waals surface area contributed by atoms with Gasteiger partial charge in [-0.15, -0.1) is 5.10 Å². The number of aromatic nitrogens is 3. The van der Waals surface area contributed by atoms with Crippen LogP contribution in [0.2, 0.25) is 0 Å². The molecule has 128 valence electrons. The second kappa shape index (κ2) is 6.64. The monoisotopic (exact) mass is 345 g/mol. The van der Waals surface area contributed by atoms with E-state index in [1.165, 1.54) is 10.9 Å². The number of rotatable bonds is 4. The molecule has 3 aromatic carbocycles. The SMILES string of the molecule is O=C(Cn1nnc2ccccc21)N/N=C\c1c(O)ccc2ccccc12. The van der Waals surface area contributed by atoms with Crippen molar-refractivity contribution in [3.63, 3.8) is 0 Å². The molecular weight excluding hydrogens is 330 g/mol. The lowest BCUT2D eigenvalue weighted by Gasteiger charge is -2.05. The zero-order valence-corrected chi connectivity index (χ0v) is 13.7. The van der Waals surface area contributed by atoms with Crippen LogP contribution in [0.4, 0.5) is 0 Å². The lowest BCUT2D eigenvalue weighted by Crippen LogP contribution is -2.23. The van der Waals surface area contributed by atoms with Crippen LogP contribution in [-0.4, -0.2) is 32.2 Å². The molecule has 0 aliphatic heterocycles. The Bertz CT molecular complexity index is 1130. The predicted molar refractivity (Wildman–Crippen MR) is 98.9 cm³/mol. The maximum absolute atomic E-state index is 12.1. The summed E-state index contributed by atoms with van der Waals surface area (Å²) in [5.41, 5.74) is 4.51. The first-order valence-electron chi connectivity index (χ1n) is 8.03. The molecule has 0 saturated carbocycles. The first kappa shape index (κ1) is 15.8. The Hall–Kier alpha value is -3.74. The second-order valence-electron chi connectivity index (χ2n) is 5.75. The Labute approximate surface area is 148 Å². The minimum absolute atomic E-state index is 0.000622. The summed E-state index contributed by atoms with van der Waals surface area (Å²) >= 11 is 0. The van der Waals surface area contributed by atoms with Gasteiger partial charge in [0, 0.05) is 5.56 Å². The van der Waals surface area contributed by atoms with Gasteiger partial charge in [-0.1, -0.05) is 47.7 Å². The van der Waals surface area contributed by atoms with Gasteiger partial charge in [0.2, 0.25) is 0 Å². The van der Waals surface area contributed by atoms with Gasteiger partial charge in [0.25, 0.3) is 5.91 Å². The molecule has 0 spiro atoms. The molecule has 0 bridgehead atoms. The van der Waals surface area contributed by atoms with E-state index in [0.29, 0.717) is 5.56 Å². The standard InChI is InChI=1S/C19H15N5O2/c25-18-10-9-13-5-1-2-6-14(13)15(18)11-20-22-19(26)12-24-17-8-4-3-7-16(17)21-23-24/h1-11,25H,12H2,(H,22,26)/b20-11-. The molecule has 4 rings (SSSR count). The van der Waals surface area contributed by atoms with Gasteiger partial charge in [0.15, 0.2) is 0 Å².